The highest BCUT2D eigenvalue weighted by Crippen LogP contribution is 2.31. The quantitative estimate of drug-likeness (QED) is 0.715. The molecule has 0 saturated carbocycles. The second-order valence-corrected chi connectivity index (χ2v) is 7.35. The summed E-state index contributed by atoms with van der Waals surface area (Å²) in [5, 5.41) is 1.45. The van der Waals surface area contributed by atoms with E-state index in [1.807, 2.05) is 0 Å². The molecule has 0 radical (unpaired) electrons. The lowest BCUT2D eigenvalue weighted by atomic mass is 10.0. The van der Waals surface area contributed by atoms with E-state index in [1.54, 1.807) is 0 Å². The van der Waals surface area contributed by atoms with Crippen LogP contribution in [0.1, 0.15) is 35.0 Å². The number of aryl methyl sites for hydroxylation is 4. The van der Waals surface area contributed by atoms with Gasteiger partial charge in [0.25, 0.3) is 0 Å². The number of hydrogen-bond acceptors (Lipinski definition) is 2. The predicted octanol–water partition coefficient (Wildman–Crippen LogP) is 4.14. The fourth-order valence-corrected chi connectivity index (χ4v) is 4.01. The fourth-order valence-electron chi connectivity index (χ4n) is 4.01. The van der Waals surface area contributed by atoms with Crippen molar-refractivity contribution in [2.24, 2.45) is 0 Å². The van der Waals surface area contributed by atoms with Crippen LogP contribution in [0.25, 0.3) is 10.9 Å². The van der Waals surface area contributed by atoms with Gasteiger partial charge in [-0.25, -0.2) is 0 Å². The SMILES string of the molecule is CCc1ccc(CCn2c3c(c4cc(C)ccc42)CN(C)CC3)cn1. The maximum Gasteiger partial charge on any atom is 0.0486 e. The van der Waals surface area contributed by atoms with Crippen LogP contribution in [0.5, 0.6) is 0 Å². The van der Waals surface area contributed by atoms with Crippen LogP contribution in [0, 0.1) is 6.92 Å². The Labute approximate surface area is 150 Å². The van der Waals surface area contributed by atoms with E-state index in [-0.39, 0.29) is 0 Å². The van der Waals surface area contributed by atoms with E-state index in [2.05, 4.69) is 71.9 Å². The van der Waals surface area contributed by atoms with Crippen LogP contribution < -0.4 is 0 Å². The van der Waals surface area contributed by atoms with Gasteiger partial charge >= 0.3 is 0 Å². The lowest BCUT2D eigenvalue weighted by Crippen LogP contribution is -2.27. The van der Waals surface area contributed by atoms with E-state index in [9.17, 15) is 0 Å². The fraction of sp³-hybridized carbons (Fsp3) is 0.409. The van der Waals surface area contributed by atoms with E-state index < -0.39 is 0 Å². The third-order valence-corrected chi connectivity index (χ3v) is 5.47. The number of rotatable bonds is 4. The first-order valence-corrected chi connectivity index (χ1v) is 9.38. The maximum atomic E-state index is 4.55. The molecule has 1 aromatic carbocycles. The Balaban J connectivity index is 1.68. The molecule has 0 aliphatic carbocycles. The molecule has 1 aliphatic heterocycles. The average Bonchev–Trinajstić information content (AvgIpc) is 2.92. The van der Waals surface area contributed by atoms with Crippen molar-refractivity contribution in [2.75, 3.05) is 13.6 Å². The molecule has 3 nitrogen and oxygen atoms in total. The topological polar surface area (TPSA) is 21.1 Å². The molecule has 0 saturated heterocycles. The third kappa shape index (κ3) is 3.09. The molecule has 3 heterocycles. The van der Waals surface area contributed by atoms with Gasteiger partial charge in [-0.1, -0.05) is 24.6 Å². The molecular weight excluding hydrogens is 306 g/mol. The number of aromatic nitrogens is 2. The van der Waals surface area contributed by atoms with E-state index in [0.717, 1.165) is 38.9 Å². The van der Waals surface area contributed by atoms with Gasteiger partial charge in [0.2, 0.25) is 0 Å². The summed E-state index contributed by atoms with van der Waals surface area (Å²) in [6.07, 6.45) is 5.24. The Morgan fingerprint density at radius 2 is 2.04 bits per heavy atom. The number of nitrogens with zero attached hydrogens (tertiary/aromatic N) is 3. The first kappa shape index (κ1) is 16.3. The second-order valence-electron chi connectivity index (χ2n) is 7.35. The van der Waals surface area contributed by atoms with Crippen LogP contribution in [0.15, 0.2) is 36.5 Å². The van der Waals surface area contributed by atoms with Crippen LogP contribution >= 0.6 is 0 Å². The van der Waals surface area contributed by atoms with Crippen molar-refractivity contribution in [3.05, 3.63) is 64.6 Å². The lowest BCUT2D eigenvalue weighted by molar-refractivity contribution is 0.309. The standard InChI is InChI=1S/C22H27N3/c1-4-18-7-6-17(14-23-18)9-12-25-21-8-5-16(2)13-19(21)20-15-24(3)11-10-22(20)25/h5-8,13-14H,4,9-12,15H2,1-3H3. The molecule has 0 fully saturated rings. The van der Waals surface area contributed by atoms with Crippen LogP contribution in [0.2, 0.25) is 0 Å². The largest absolute Gasteiger partial charge is 0.344 e. The van der Waals surface area contributed by atoms with E-state index >= 15 is 0 Å². The van der Waals surface area contributed by atoms with Crippen molar-refractivity contribution in [2.45, 2.75) is 46.2 Å². The minimum Gasteiger partial charge on any atom is -0.344 e. The summed E-state index contributed by atoms with van der Waals surface area (Å²) in [5.41, 5.74) is 8.31. The van der Waals surface area contributed by atoms with Crippen molar-refractivity contribution >= 4 is 10.9 Å². The highest BCUT2D eigenvalue weighted by molar-refractivity contribution is 5.86. The summed E-state index contributed by atoms with van der Waals surface area (Å²) in [5.74, 6) is 0. The Bertz CT molecular complexity index is 890. The zero-order valence-corrected chi connectivity index (χ0v) is 15.5. The van der Waals surface area contributed by atoms with Gasteiger partial charge in [-0.05, 0) is 56.1 Å². The molecule has 130 valence electrons. The van der Waals surface area contributed by atoms with Crippen LogP contribution in [0.3, 0.4) is 0 Å². The summed E-state index contributed by atoms with van der Waals surface area (Å²) >= 11 is 0. The Morgan fingerprint density at radius 3 is 2.80 bits per heavy atom. The van der Waals surface area contributed by atoms with Crippen molar-refractivity contribution in [3.63, 3.8) is 0 Å². The van der Waals surface area contributed by atoms with Gasteiger partial charge in [0.1, 0.15) is 0 Å². The predicted molar refractivity (Wildman–Crippen MR) is 104 cm³/mol. The monoisotopic (exact) mass is 333 g/mol. The van der Waals surface area contributed by atoms with Crippen molar-refractivity contribution < 1.29 is 0 Å². The number of pyridine rings is 1. The summed E-state index contributed by atoms with van der Waals surface area (Å²) in [6.45, 7) is 7.59. The van der Waals surface area contributed by atoms with Gasteiger partial charge < -0.3 is 9.47 Å². The van der Waals surface area contributed by atoms with Crippen molar-refractivity contribution in [1.29, 1.82) is 0 Å². The number of benzene rings is 1. The normalized spacial score (nSPS) is 14.8. The number of hydrogen-bond donors (Lipinski definition) is 0. The molecule has 0 amide bonds. The van der Waals surface area contributed by atoms with Crippen LogP contribution in [0.4, 0.5) is 0 Å². The zero-order chi connectivity index (χ0) is 17.4. The highest BCUT2D eigenvalue weighted by Gasteiger charge is 2.22. The summed E-state index contributed by atoms with van der Waals surface area (Å²) < 4.78 is 2.56. The van der Waals surface area contributed by atoms with E-state index in [4.69, 9.17) is 0 Å². The molecule has 4 rings (SSSR count). The summed E-state index contributed by atoms with van der Waals surface area (Å²) in [6, 6.07) is 11.3. The maximum absolute atomic E-state index is 4.55. The molecule has 3 aromatic rings. The van der Waals surface area contributed by atoms with Crippen molar-refractivity contribution in [1.82, 2.24) is 14.5 Å². The van der Waals surface area contributed by atoms with Gasteiger partial charge in [0, 0.05) is 54.5 Å². The smallest absolute Gasteiger partial charge is 0.0486 e. The van der Waals surface area contributed by atoms with Gasteiger partial charge in [-0.3, -0.25) is 4.98 Å². The minimum atomic E-state index is 1.00. The van der Waals surface area contributed by atoms with Crippen molar-refractivity contribution in [3.8, 4) is 0 Å². The molecule has 0 unspecified atom stereocenters. The molecule has 0 atom stereocenters. The summed E-state index contributed by atoms with van der Waals surface area (Å²) in [4.78, 5) is 6.98. The van der Waals surface area contributed by atoms with Crippen LogP contribution in [-0.4, -0.2) is 28.0 Å². The Kier molecular flexibility index (Phi) is 4.34. The lowest BCUT2D eigenvalue weighted by Gasteiger charge is -2.24. The van der Waals surface area contributed by atoms with Gasteiger partial charge in [0.05, 0.1) is 0 Å². The molecule has 0 N–H and O–H groups in total. The number of likely N-dealkylation sites (N-methyl/N-ethyl adjacent to an activating group) is 1. The average molecular weight is 333 g/mol. The van der Waals surface area contributed by atoms with Gasteiger partial charge in [-0.2, -0.15) is 0 Å². The van der Waals surface area contributed by atoms with E-state index in [1.165, 1.54) is 39.0 Å². The molecule has 1 aliphatic rings. The Morgan fingerprint density at radius 1 is 1.16 bits per heavy atom. The number of fused-ring (bicyclic) bond motifs is 3. The van der Waals surface area contributed by atoms with E-state index in [0.29, 0.717) is 0 Å². The molecule has 0 bridgehead atoms. The molecule has 3 heteroatoms. The van der Waals surface area contributed by atoms with Gasteiger partial charge in [-0.15, -0.1) is 0 Å². The second kappa shape index (κ2) is 6.64. The first-order chi connectivity index (χ1) is 12.2. The third-order valence-electron chi connectivity index (χ3n) is 5.47. The van der Waals surface area contributed by atoms with Gasteiger partial charge in [0.15, 0.2) is 0 Å². The highest BCUT2D eigenvalue weighted by atomic mass is 15.1. The minimum absolute atomic E-state index is 1.00. The molecule has 25 heavy (non-hydrogen) atoms. The zero-order valence-electron chi connectivity index (χ0n) is 15.5. The Hall–Kier alpha value is -2.13. The first-order valence-electron chi connectivity index (χ1n) is 9.38. The molecular formula is C22H27N3. The molecule has 0 spiro atoms. The van der Waals surface area contributed by atoms with Crippen LogP contribution in [-0.2, 0) is 32.4 Å². The molecule has 2 aromatic heterocycles. The summed E-state index contributed by atoms with van der Waals surface area (Å²) in [7, 11) is 2.23.